The molecule has 240 valence electrons. The summed E-state index contributed by atoms with van der Waals surface area (Å²) in [6.07, 6.45) is 1.11. The van der Waals surface area contributed by atoms with Crippen LogP contribution >= 0.6 is 0 Å². The van der Waals surface area contributed by atoms with E-state index in [1.165, 1.54) is 0 Å². The Hall–Kier alpha value is -4.42. The molecule has 0 saturated carbocycles. The van der Waals surface area contributed by atoms with Crippen LogP contribution in [0.1, 0.15) is 40.0 Å². The number of nitrogens with zero attached hydrogens (tertiary/aromatic N) is 2. The Morgan fingerprint density at radius 3 is 1.49 bits per heavy atom. The van der Waals surface area contributed by atoms with Gasteiger partial charge in [0, 0.05) is 45.9 Å². The number of nitrogens with one attached hydrogen (secondary N) is 2. The zero-order valence-electron chi connectivity index (χ0n) is 26.1. The molecular weight excluding hydrogens is 580 g/mol. The highest BCUT2D eigenvalue weighted by molar-refractivity contribution is 6.02. The monoisotopic (exact) mass is 620 g/mol. The number of amides is 2. The van der Waals surface area contributed by atoms with Gasteiger partial charge in [0.05, 0.1) is 62.0 Å². The van der Waals surface area contributed by atoms with Crippen LogP contribution in [-0.2, 0) is 9.47 Å². The number of ether oxygens (including phenoxy) is 6. The van der Waals surface area contributed by atoms with Crippen LogP contribution in [0.15, 0.2) is 48.6 Å². The summed E-state index contributed by atoms with van der Waals surface area (Å²) in [6.45, 7) is 9.78. The average Bonchev–Trinajstić information content (AvgIpc) is 3.58. The Morgan fingerprint density at radius 1 is 0.689 bits per heavy atom. The highest BCUT2D eigenvalue weighted by atomic mass is 16.5. The molecule has 6 rings (SSSR count). The van der Waals surface area contributed by atoms with Gasteiger partial charge < -0.3 is 48.9 Å². The molecule has 2 N–H and O–H groups in total. The molecule has 2 aromatic rings. The predicted molar refractivity (Wildman–Crippen MR) is 168 cm³/mol. The molecule has 2 fully saturated rings. The highest BCUT2D eigenvalue weighted by Gasteiger charge is 2.42. The number of carbonyl (C=O) groups is 2. The number of fused-ring (bicyclic) bond motifs is 4. The van der Waals surface area contributed by atoms with Gasteiger partial charge >= 0.3 is 0 Å². The van der Waals surface area contributed by atoms with E-state index in [1.807, 2.05) is 0 Å². The number of benzene rings is 2. The van der Waals surface area contributed by atoms with Crippen molar-refractivity contribution < 1.29 is 38.0 Å². The van der Waals surface area contributed by atoms with E-state index >= 15 is 0 Å². The maximum absolute atomic E-state index is 13.4. The highest BCUT2D eigenvalue weighted by Crippen LogP contribution is 2.41. The van der Waals surface area contributed by atoms with Crippen molar-refractivity contribution in [2.24, 2.45) is 0 Å². The van der Waals surface area contributed by atoms with E-state index in [0.29, 0.717) is 91.1 Å². The van der Waals surface area contributed by atoms with E-state index < -0.39 is 0 Å². The minimum absolute atomic E-state index is 0.104. The van der Waals surface area contributed by atoms with Crippen LogP contribution in [-0.4, -0.2) is 101 Å². The normalized spacial score (nSPS) is 23.6. The van der Waals surface area contributed by atoms with Crippen LogP contribution in [0.5, 0.6) is 23.0 Å². The summed E-state index contributed by atoms with van der Waals surface area (Å²) in [7, 11) is 6.33. The van der Waals surface area contributed by atoms with Gasteiger partial charge in [-0.25, -0.2) is 0 Å². The molecule has 45 heavy (non-hydrogen) atoms. The Balaban J connectivity index is 1.13. The second kappa shape index (κ2) is 12.5. The van der Waals surface area contributed by atoms with E-state index in [4.69, 9.17) is 28.4 Å². The van der Waals surface area contributed by atoms with Crippen LogP contribution in [0.25, 0.3) is 0 Å². The first-order valence-corrected chi connectivity index (χ1v) is 15.0. The summed E-state index contributed by atoms with van der Waals surface area (Å²) in [4.78, 5) is 30.5. The molecule has 2 amide bonds. The first kappa shape index (κ1) is 30.6. The zero-order chi connectivity index (χ0) is 31.8. The van der Waals surface area contributed by atoms with Crippen LogP contribution in [0.3, 0.4) is 0 Å². The molecule has 4 atom stereocenters. The molecule has 4 aliphatic rings. The molecule has 0 aliphatic carbocycles. The minimum Gasteiger partial charge on any atom is -0.493 e. The van der Waals surface area contributed by atoms with Gasteiger partial charge in [0.1, 0.15) is 12.5 Å². The summed E-state index contributed by atoms with van der Waals surface area (Å²) < 4.78 is 34.8. The van der Waals surface area contributed by atoms with Gasteiger partial charge in [-0.1, -0.05) is 24.3 Å². The molecule has 0 bridgehead atoms. The third-order valence-corrected chi connectivity index (χ3v) is 8.78. The summed E-state index contributed by atoms with van der Waals surface area (Å²) in [5, 5.41) is 6.74. The maximum atomic E-state index is 13.4. The molecule has 2 saturated heterocycles. The van der Waals surface area contributed by atoms with Crippen molar-refractivity contribution in [3.8, 4) is 23.0 Å². The van der Waals surface area contributed by atoms with Crippen LogP contribution in [0, 0.1) is 0 Å². The topological polar surface area (TPSA) is 120 Å². The minimum atomic E-state index is -0.389. The lowest BCUT2D eigenvalue weighted by Crippen LogP contribution is -2.44. The van der Waals surface area contributed by atoms with Crippen molar-refractivity contribution in [2.45, 2.75) is 43.8 Å². The molecule has 4 aliphatic heterocycles. The van der Waals surface area contributed by atoms with Crippen molar-refractivity contribution in [3.05, 3.63) is 59.7 Å². The van der Waals surface area contributed by atoms with E-state index in [9.17, 15) is 9.59 Å². The number of hydrogen-bond donors (Lipinski definition) is 2. The predicted octanol–water partition coefficient (Wildman–Crippen LogP) is 3.89. The quantitative estimate of drug-likeness (QED) is 0.299. The first-order valence-electron chi connectivity index (χ1n) is 15.0. The first-order chi connectivity index (χ1) is 21.8. The van der Waals surface area contributed by atoms with E-state index in [2.05, 4.69) is 23.8 Å². The van der Waals surface area contributed by atoms with Gasteiger partial charge in [-0.05, 0) is 25.0 Å². The Bertz CT molecular complexity index is 1420. The second-order valence-corrected chi connectivity index (χ2v) is 11.7. The summed E-state index contributed by atoms with van der Waals surface area (Å²) >= 11 is 0. The molecule has 12 heteroatoms. The van der Waals surface area contributed by atoms with E-state index in [0.717, 1.165) is 11.1 Å². The van der Waals surface area contributed by atoms with Gasteiger partial charge in [0.25, 0.3) is 11.8 Å². The Morgan fingerprint density at radius 2 is 1.11 bits per heavy atom. The van der Waals surface area contributed by atoms with Gasteiger partial charge in [0.2, 0.25) is 0 Å². The van der Waals surface area contributed by atoms with Gasteiger partial charge in [-0.2, -0.15) is 0 Å². The van der Waals surface area contributed by atoms with Crippen molar-refractivity contribution in [2.75, 3.05) is 65.4 Å². The SMILES string of the molecule is C=C1CC2C(OC)Nc3cc(OCCCOc4cc5c(cc4OC)C(=O)N4CC(=C)CC4C(OC)N5)c(OC)cc3C(=O)N2C1. The summed E-state index contributed by atoms with van der Waals surface area (Å²) in [5.41, 5.74) is 4.21. The molecule has 12 nitrogen and oxygen atoms in total. The zero-order valence-corrected chi connectivity index (χ0v) is 26.1. The lowest BCUT2D eigenvalue weighted by molar-refractivity contribution is 0.0418. The van der Waals surface area contributed by atoms with Crippen molar-refractivity contribution in [1.29, 1.82) is 0 Å². The van der Waals surface area contributed by atoms with Gasteiger partial charge in [-0.15, -0.1) is 0 Å². The van der Waals surface area contributed by atoms with Crippen molar-refractivity contribution in [1.82, 2.24) is 9.80 Å². The Labute approximate surface area is 262 Å². The molecule has 4 unspecified atom stereocenters. The molecule has 4 heterocycles. The molecular formula is C33H40N4O8. The fourth-order valence-corrected chi connectivity index (χ4v) is 6.56. The fourth-order valence-electron chi connectivity index (χ4n) is 6.56. The summed E-state index contributed by atoms with van der Waals surface area (Å²) in [5.74, 6) is 1.69. The van der Waals surface area contributed by atoms with Crippen LogP contribution in [0.4, 0.5) is 11.4 Å². The largest absolute Gasteiger partial charge is 0.493 e. The Kier molecular flexibility index (Phi) is 8.52. The number of anilines is 2. The van der Waals surface area contributed by atoms with Crippen molar-refractivity contribution >= 4 is 23.2 Å². The van der Waals surface area contributed by atoms with Gasteiger partial charge in [0.15, 0.2) is 23.0 Å². The lowest BCUT2D eigenvalue weighted by Gasteiger charge is -2.27. The third kappa shape index (κ3) is 5.64. The van der Waals surface area contributed by atoms with Crippen molar-refractivity contribution in [3.63, 3.8) is 0 Å². The van der Waals surface area contributed by atoms with Gasteiger partial charge in [-0.3, -0.25) is 9.59 Å². The summed E-state index contributed by atoms with van der Waals surface area (Å²) in [6, 6.07) is 6.67. The fraction of sp³-hybridized carbons (Fsp3) is 0.455. The van der Waals surface area contributed by atoms with Crippen LogP contribution in [0.2, 0.25) is 0 Å². The van der Waals surface area contributed by atoms with Crippen LogP contribution < -0.4 is 29.6 Å². The molecule has 0 spiro atoms. The molecule has 2 aromatic carbocycles. The number of methoxy groups -OCH3 is 4. The smallest absolute Gasteiger partial charge is 0.256 e. The number of rotatable bonds is 10. The lowest BCUT2D eigenvalue weighted by atomic mass is 10.1. The molecule has 0 aromatic heterocycles. The molecule has 0 radical (unpaired) electrons. The standard InChI is InChI=1S/C33H40N4O8/c1-18-10-24-30(42-5)34-22-14-28(26(40-3)12-20(22)32(38)36(24)16-18)44-8-7-9-45-29-15-23-21(13-27(29)41-4)33(39)37-17-19(2)11-25(37)31(35-23)43-6/h12-15,24-25,30-31,34-35H,1-2,7-11,16-17H2,3-6H3. The van der Waals surface area contributed by atoms with E-state index in [-0.39, 0.29) is 36.4 Å². The number of carbonyl (C=O) groups excluding carboxylic acids is 2. The van der Waals surface area contributed by atoms with E-state index in [1.54, 1.807) is 62.5 Å². The third-order valence-electron chi connectivity index (χ3n) is 8.78. The average molecular weight is 621 g/mol. The maximum Gasteiger partial charge on any atom is 0.256 e. The number of hydrogen-bond acceptors (Lipinski definition) is 10. The second-order valence-electron chi connectivity index (χ2n) is 11.7.